The Morgan fingerprint density at radius 1 is 1.41 bits per heavy atom. The van der Waals surface area contributed by atoms with Crippen molar-refractivity contribution < 1.29 is 17.7 Å². The number of nitrogens with one attached hydrogen (secondary N) is 1. The molecule has 10 heteroatoms. The number of aromatic nitrogens is 2. The van der Waals surface area contributed by atoms with E-state index in [2.05, 4.69) is 15.5 Å². The van der Waals surface area contributed by atoms with Crippen LogP contribution in [0.1, 0.15) is 49.8 Å². The van der Waals surface area contributed by atoms with Crippen molar-refractivity contribution in [1.82, 2.24) is 14.4 Å². The average molecular weight is 413 g/mol. The minimum Gasteiger partial charge on any atom is -0.360 e. The molecule has 1 aliphatic heterocycles. The van der Waals surface area contributed by atoms with Gasteiger partial charge in [0.1, 0.15) is 10.6 Å². The average Bonchev–Trinajstić information content (AvgIpc) is 3.22. The van der Waals surface area contributed by atoms with Crippen molar-refractivity contribution in [3.05, 3.63) is 22.5 Å². The highest BCUT2D eigenvalue weighted by Crippen LogP contribution is 2.29. The van der Waals surface area contributed by atoms with E-state index in [0.717, 1.165) is 5.69 Å². The Morgan fingerprint density at radius 2 is 2.15 bits per heavy atom. The number of rotatable bonds is 5. The maximum atomic E-state index is 13.0. The summed E-state index contributed by atoms with van der Waals surface area (Å²) in [5, 5.41) is 9.05. The zero-order chi connectivity index (χ0) is 19.8. The number of nitrogens with zero attached hydrogens (tertiary/aromatic N) is 3. The standard InChI is InChI=1S/C17H24N4O4S2/c1-10(2)14-9-26-17(18-14)19-16(22)13-6-5-7-21(8-13)27(23,24)15-11(3)20-25-12(15)4/h9-10,13H,5-8H2,1-4H3,(H,18,19,22). The third kappa shape index (κ3) is 4.07. The number of aryl methyl sites for hydroxylation is 2. The molecule has 2 aromatic heterocycles. The van der Waals surface area contributed by atoms with Gasteiger partial charge in [0, 0.05) is 18.5 Å². The van der Waals surface area contributed by atoms with Crippen molar-refractivity contribution in [2.75, 3.05) is 18.4 Å². The minimum absolute atomic E-state index is 0.102. The molecule has 0 spiro atoms. The van der Waals surface area contributed by atoms with Crippen molar-refractivity contribution in [3.8, 4) is 0 Å². The molecule has 0 bridgehead atoms. The molecule has 0 aromatic carbocycles. The van der Waals surface area contributed by atoms with E-state index in [1.807, 2.05) is 19.2 Å². The lowest BCUT2D eigenvalue weighted by molar-refractivity contribution is -0.120. The summed E-state index contributed by atoms with van der Waals surface area (Å²) in [6.07, 6.45) is 1.26. The van der Waals surface area contributed by atoms with E-state index in [4.69, 9.17) is 4.52 Å². The van der Waals surface area contributed by atoms with Gasteiger partial charge in [-0.15, -0.1) is 11.3 Å². The molecule has 8 nitrogen and oxygen atoms in total. The Hall–Kier alpha value is -1.78. The summed E-state index contributed by atoms with van der Waals surface area (Å²) >= 11 is 1.38. The number of hydrogen-bond donors (Lipinski definition) is 1. The molecule has 27 heavy (non-hydrogen) atoms. The van der Waals surface area contributed by atoms with Crippen LogP contribution >= 0.6 is 11.3 Å². The van der Waals surface area contributed by atoms with Crippen LogP contribution in [0.25, 0.3) is 0 Å². The molecule has 1 saturated heterocycles. The smallest absolute Gasteiger partial charge is 0.248 e. The SMILES string of the molecule is Cc1noc(C)c1S(=O)(=O)N1CCCC(C(=O)Nc2nc(C(C)C)cs2)C1. The zero-order valence-electron chi connectivity index (χ0n) is 15.9. The Balaban J connectivity index is 1.72. The quantitative estimate of drug-likeness (QED) is 0.809. The van der Waals surface area contributed by atoms with Gasteiger partial charge in [0.05, 0.1) is 11.6 Å². The summed E-state index contributed by atoms with van der Waals surface area (Å²) in [5.74, 6) is -0.0564. The minimum atomic E-state index is -3.74. The van der Waals surface area contributed by atoms with Crippen LogP contribution < -0.4 is 5.32 Å². The van der Waals surface area contributed by atoms with Gasteiger partial charge in [-0.3, -0.25) is 4.79 Å². The van der Waals surface area contributed by atoms with Crippen LogP contribution in [0.4, 0.5) is 5.13 Å². The third-order valence-corrected chi connectivity index (χ3v) is 7.55. The van der Waals surface area contributed by atoms with Crippen LogP contribution in [0, 0.1) is 19.8 Å². The van der Waals surface area contributed by atoms with Crippen molar-refractivity contribution in [2.45, 2.75) is 51.3 Å². The zero-order valence-corrected chi connectivity index (χ0v) is 17.5. The second kappa shape index (κ2) is 7.69. The number of piperidine rings is 1. The lowest BCUT2D eigenvalue weighted by atomic mass is 9.99. The summed E-state index contributed by atoms with van der Waals surface area (Å²) in [4.78, 5) is 17.2. The fraction of sp³-hybridized carbons (Fsp3) is 0.588. The number of hydrogen-bond acceptors (Lipinski definition) is 7. The van der Waals surface area contributed by atoms with Crippen molar-refractivity contribution in [1.29, 1.82) is 0 Å². The highest BCUT2D eigenvalue weighted by atomic mass is 32.2. The predicted octanol–water partition coefficient (Wildman–Crippen LogP) is 2.91. The lowest BCUT2D eigenvalue weighted by Crippen LogP contribution is -2.43. The Labute approximate surface area is 163 Å². The molecular weight excluding hydrogens is 388 g/mol. The van der Waals surface area contributed by atoms with Crippen LogP contribution in [0.15, 0.2) is 14.8 Å². The van der Waals surface area contributed by atoms with E-state index in [9.17, 15) is 13.2 Å². The van der Waals surface area contributed by atoms with Crippen LogP contribution in [0.3, 0.4) is 0 Å². The molecule has 1 unspecified atom stereocenters. The van der Waals surface area contributed by atoms with Gasteiger partial charge in [0.2, 0.25) is 15.9 Å². The normalized spacial score (nSPS) is 18.8. The van der Waals surface area contributed by atoms with E-state index in [1.165, 1.54) is 15.6 Å². The van der Waals surface area contributed by atoms with Crippen molar-refractivity contribution >= 4 is 32.4 Å². The molecule has 3 heterocycles. The summed E-state index contributed by atoms with van der Waals surface area (Å²) in [6, 6.07) is 0. The molecule has 1 fully saturated rings. The summed E-state index contributed by atoms with van der Waals surface area (Å²) in [5.41, 5.74) is 1.27. The molecule has 2 aromatic rings. The molecule has 1 N–H and O–H groups in total. The monoisotopic (exact) mass is 412 g/mol. The van der Waals surface area contributed by atoms with Gasteiger partial charge in [-0.1, -0.05) is 19.0 Å². The molecular formula is C17H24N4O4S2. The van der Waals surface area contributed by atoms with Crippen molar-refractivity contribution in [2.24, 2.45) is 5.92 Å². The van der Waals surface area contributed by atoms with Gasteiger partial charge in [0.15, 0.2) is 10.9 Å². The summed E-state index contributed by atoms with van der Waals surface area (Å²) in [6.45, 7) is 7.78. The molecule has 3 rings (SSSR count). The third-order valence-electron chi connectivity index (χ3n) is 4.66. The molecule has 1 amide bonds. The first-order chi connectivity index (χ1) is 12.7. The number of anilines is 1. The number of carbonyl (C=O) groups is 1. The van der Waals surface area contributed by atoms with Gasteiger partial charge in [-0.2, -0.15) is 4.31 Å². The number of amides is 1. The number of thiazole rings is 1. The van der Waals surface area contributed by atoms with Crippen LogP contribution in [0.2, 0.25) is 0 Å². The van der Waals surface area contributed by atoms with Gasteiger partial charge in [0.25, 0.3) is 0 Å². The first-order valence-corrected chi connectivity index (χ1v) is 11.2. The van der Waals surface area contributed by atoms with Gasteiger partial charge in [-0.25, -0.2) is 13.4 Å². The molecule has 0 radical (unpaired) electrons. The van der Waals surface area contributed by atoms with Crippen molar-refractivity contribution in [3.63, 3.8) is 0 Å². The van der Waals surface area contributed by atoms with Crippen LogP contribution in [-0.4, -0.2) is 41.9 Å². The Bertz CT molecular complexity index is 913. The number of carbonyl (C=O) groups excluding carboxylic acids is 1. The Morgan fingerprint density at radius 3 is 2.74 bits per heavy atom. The highest BCUT2D eigenvalue weighted by Gasteiger charge is 2.36. The first-order valence-electron chi connectivity index (χ1n) is 8.89. The first kappa shape index (κ1) is 20.0. The van der Waals surface area contributed by atoms with Crippen LogP contribution in [-0.2, 0) is 14.8 Å². The van der Waals surface area contributed by atoms with Gasteiger partial charge in [-0.05, 0) is 32.6 Å². The van der Waals surface area contributed by atoms with E-state index in [1.54, 1.807) is 13.8 Å². The topological polar surface area (TPSA) is 105 Å². The maximum Gasteiger partial charge on any atom is 0.248 e. The van der Waals surface area contributed by atoms with Gasteiger partial charge < -0.3 is 9.84 Å². The molecule has 1 atom stereocenters. The summed E-state index contributed by atoms with van der Waals surface area (Å²) in [7, 11) is -3.74. The lowest BCUT2D eigenvalue weighted by Gasteiger charge is -2.30. The molecule has 0 aliphatic carbocycles. The Kier molecular flexibility index (Phi) is 5.68. The van der Waals surface area contributed by atoms with Gasteiger partial charge >= 0.3 is 0 Å². The molecule has 1 aliphatic rings. The molecule has 0 saturated carbocycles. The summed E-state index contributed by atoms with van der Waals surface area (Å²) < 4.78 is 32.3. The van der Waals surface area contributed by atoms with E-state index in [0.29, 0.717) is 30.2 Å². The van der Waals surface area contributed by atoms with E-state index in [-0.39, 0.29) is 29.0 Å². The predicted molar refractivity (Wildman–Crippen MR) is 102 cm³/mol. The fourth-order valence-corrected chi connectivity index (χ4v) is 5.85. The fourth-order valence-electron chi connectivity index (χ4n) is 3.16. The number of sulfonamides is 1. The second-order valence-electron chi connectivity index (χ2n) is 7.08. The maximum absolute atomic E-state index is 13.0. The van der Waals surface area contributed by atoms with E-state index >= 15 is 0 Å². The largest absolute Gasteiger partial charge is 0.360 e. The highest BCUT2D eigenvalue weighted by molar-refractivity contribution is 7.89. The van der Waals surface area contributed by atoms with Crippen LogP contribution in [0.5, 0.6) is 0 Å². The van der Waals surface area contributed by atoms with E-state index < -0.39 is 15.9 Å². The molecule has 148 valence electrons. The second-order valence-corrected chi connectivity index (χ2v) is 9.81.